The van der Waals surface area contributed by atoms with Gasteiger partial charge in [0.25, 0.3) is 0 Å². The van der Waals surface area contributed by atoms with Gasteiger partial charge in [-0.05, 0) is 11.6 Å². The summed E-state index contributed by atoms with van der Waals surface area (Å²) in [5.41, 5.74) is 2.69. The number of ether oxygens (including phenoxy) is 1. The Morgan fingerprint density at radius 3 is 2.85 bits per heavy atom. The van der Waals surface area contributed by atoms with Crippen molar-refractivity contribution in [1.82, 2.24) is 15.2 Å². The molecule has 112 valence electrons. The number of hydrogen-bond acceptors (Lipinski definition) is 7. The lowest BCUT2D eigenvalue weighted by Crippen LogP contribution is -2.25. The van der Waals surface area contributed by atoms with E-state index in [9.17, 15) is 13.2 Å². The summed E-state index contributed by atoms with van der Waals surface area (Å²) < 4.78 is 31.1. The fraction of sp³-hybridized carbons (Fsp3) is 0.455. The van der Waals surface area contributed by atoms with Crippen LogP contribution in [0.4, 0.5) is 4.79 Å². The molecule has 0 bridgehead atoms. The summed E-state index contributed by atoms with van der Waals surface area (Å²) in [7, 11) is -2.18. The van der Waals surface area contributed by atoms with Crippen LogP contribution in [0.3, 0.4) is 0 Å². The average Bonchev–Trinajstić information content (AvgIpc) is 2.39. The maximum atomic E-state index is 12.0. The molecule has 0 fully saturated rings. The molecule has 0 aliphatic heterocycles. The predicted octanol–water partition coefficient (Wildman–Crippen LogP) is 0.210. The SMILES string of the molecule is CCNS(=O)(=O)c1cnccc1CCOC(=O)ONC. The second-order valence-electron chi connectivity index (χ2n) is 3.64. The summed E-state index contributed by atoms with van der Waals surface area (Å²) in [6, 6.07) is 1.57. The monoisotopic (exact) mass is 303 g/mol. The van der Waals surface area contributed by atoms with Crippen molar-refractivity contribution in [1.29, 1.82) is 0 Å². The van der Waals surface area contributed by atoms with Crippen molar-refractivity contribution in [3.8, 4) is 0 Å². The predicted molar refractivity (Wildman–Crippen MR) is 70.3 cm³/mol. The molecule has 0 aliphatic carbocycles. The van der Waals surface area contributed by atoms with Crippen molar-refractivity contribution in [2.75, 3.05) is 20.2 Å². The van der Waals surface area contributed by atoms with E-state index in [4.69, 9.17) is 4.74 Å². The number of nitrogens with zero attached hydrogens (tertiary/aromatic N) is 1. The van der Waals surface area contributed by atoms with Crippen molar-refractivity contribution >= 4 is 16.2 Å². The third-order valence-electron chi connectivity index (χ3n) is 2.27. The minimum absolute atomic E-state index is 0.000822. The van der Waals surface area contributed by atoms with Crippen LogP contribution >= 0.6 is 0 Å². The van der Waals surface area contributed by atoms with Gasteiger partial charge >= 0.3 is 6.16 Å². The molecule has 0 saturated heterocycles. The third-order valence-corrected chi connectivity index (χ3v) is 3.89. The Kier molecular flexibility index (Phi) is 6.36. The molecular weight excluding hydrogens is 286 g/mol. The number of nitrogens with one attached hydrogen (secondary N) is 2. The quantitative estimate of drug-likeness (QED) is 0.547. The molecule has 0 aromatic carbocycles. The van der Waals surface area contributed by atoms with E-state index < -0.39 is 16.2 Å². The van der Waals surface area contributed by atoms with Gasteiger partial charge in [-0.25, -0.2) is 17.9 Å². The highest BCUT2D eigenvalue weighted by Gasteiger charge is 2.17. The Labute approximate surface area is 117 Å². The summed E-state index contributed by atoms with van der Waals surface area (Å²) in [6.07, 6.45) is 2.10. The van der Waals surface area contributed by atoms with Gasteiger partial charge in [0.15, 0.2) is 0 Å². The number of carbonyl (C=O) groups is 1. The van der Waals surface area contributed by atoms with Crippen LogP contribution in [0.5, 0.6) is 0 Å². The maximum Gasteiger partial charge on any atom is 0.527 e. The Hall–Kier alpha value is -1.71. The molecule has 1 aromatic heterocycles. The molecule has 8 nitrogen and oxygen atoms in total. The zero-order valence-electron chi connectivity index (χ0n) is 11.3. The zero-order chi connectivity index (χ0) is 15.0. The van der Waals surface area contributed by atoms with E-state index >= 15 is 0 Å². The van der Waals surface area contributed by atoms with E-state index in [1.807, 2.05) is 0 Å². The lowest BCUT2D eigenvalue weighted by atomic mass is 10.2. The van der Waals surface area contributed by atoms with Gasteiger partial charge < -0.3 is 9.57 Å². The zero-order valence-corrected chi connectivity index (χ0v) is 12.1. The van der Waals surface area contributed by atoms with Gasteiger partial charge in [-0.2, -0.15) is 5.48 Å². The van der Waals surface area contributed by atoms with Crippen molar-refractivity contribution in [2.45, 2.75) is 18.2 Å². The molecule has 0 spiro atoms. The van der Waals surface area contributed by atoms with Gasteiger partial charge in [0.1, 0.15) is 4.90 Å². The van der Waals surface area contributed by atoms with Crippen LogP contribution in [-0.4, -0.2) is 39.8 Å². The lowest BCUT2D eigenvalue weighted by Gasteiger charge is -2.10. The van der Waals surface area contributed by atoms with Crippen LogP contribution in [0.1, 0.15) is 12.5 Å². The highest BCUT2D eigenvalue weighted by atomic mass is 32.2. The Morgan fingerprint density at radius 2 is 2.20 bits per heavy atom. The molecule has 1 heterocycles. The van der Waals surface area contributed by atoms with E-state index in [1.165, 1.54) is 19.4 Å². The second-order valence-corrected chi connectivity index (χ2v) is 5.37. The summed E-state index contributed by atoms with van der Waals surface area (Å²) in [5, 5.41) is 0. The maximum absolute atomic E-state index is 12.0. The van der Waals surface area contributed by atoms with E-state index in [-0.39, 0.29) is 24.5 Å². The van der Waals surface area contributed by atoms with E-state index in [1.54, 1.807) is 13.0 Å². The smallest absolute Gasteiger partial charge is 0.433 e. The Bertz CT molecular complexity index is 547. The van der Waals surface area contributed by atoms with E-state index in [0.717, 1.165) is 0 Å². The highest BCUT2D eigenvalue weighted by molar-refractivity contribution is 7.89. The van der Waals surface area contributed by atoms with Crippen LogP contribution in [0.15, 0.2) is 23.4 Å². The second kappa shape index (κ2) is 7.78. The fourth-order valence-corrected chi connectivity index (χ4v) is 2.73. The number of carbonyl (C=O) groups excluding carboxylic acids is 1. The van der Waals surface area contributed by atoms with Gasteiger partial charge in [0.2, 0.25) is 10.0 Å². The normalized spacial score (nSPS) is 11.1. The first-order chi connectivity index (χ1) is 9.51. The van der Waals surface area contributed by atoms with Crippen molar-refractivity contribution in [2.24, 2.45) is 0 Å². The van der Waals surface area contributed by atoms with Gasteiger partial charge in [0.05, 0.1) is 6.61 Å². The molecule has 1 aromatic rings. The van der Waals surface area contributed by atoms with Crippen molar-refractivity contribution in [3.05, 3.63) is 24.0 Å². The number of rotatable bonds is 7. The fourth-order valence-electron chi connectivity index (χ4n) is 1.48. The summed E-state index contributed by atoms with van der Waals surface area (Å²) >= 11 is 0. The standard InChI is InChI=1S/C11H17N3O5S/c1-3-14-20(16,17)10-8-13-6-4-9(10)5-7-18-11(15)19-12-2/h4,6,8,12,14H,3,5,7H2,1-2H3. The van der Waals surface area contributed by atoms with Crippen LogP contribution in [0.25, 0.3) is 0 Å². The summed E-state index contributed by atoms with van der Waals surface area (Å²) in [6.45, 7) is 1.96. The molecule has 2 N–H and O–H groups in total. The van der Waals surface area contributed by atoms with Crippen molar-refractivity contribution in [3.63, 3.8) is 0 Å². The topological polar surface area (TPSA) is 107 Å². The molecule has 9 heteroatoms. The van der Waals surface area contributed by atoms with Crippen molar-refractivity contribution < 1.29 is 22.8 Å². The first-order valence-corrected chi connectivity index (χ1v) is 7.42. The molecule has 0 saturated carbocycles. The molecular formula is C11H17N3O5S. The Morgan fingerprint density at radius 1 is 1.45 bits per heavy atom. The average molecular weight is 303 g/mol. The first kappa shape index (κ1) is 16.3. The van der Waals surface area contributed by atoms with Gasteiger partial charge in [-0.15, -0.1) is 0 Å². The number of pyridine rings is 1. The number of sulfonamides is 1. The molecule has 0 atom stereocenters. The van der Waals surface area contributed by atoms with Crippen LogP contribution < -0.4 is 10.2 Å². The van der Waals surface area contributed by atoms with Crippen LogP contribution in [0.2, 0.25) is 0 Å². The van der Waals surface area contributed by atoms with E-state index in [2.05, 4.69) is 20.0 Å². The Balaban J connectivity index is 2.74. The highest BCUT2D eigenvalue weighted by Crippen LogP contribution is 2.14. The molecule has 0 unspecified atom stereocenters. The number of aromatic nitrogens is 1. The van der Waals surface area contributed by atoms with Gasteiger partial charge in [-0.3, -0.25) is 4.98 Å². The largest absolute Gasteiger partial charge is 0.527 e. The summed E-state index contributed by atoms with van der Waals surface area (Å²) in [5.74, 6) is 0. The first-order valence-electron chi connectivity index (χ1n) is 5.94. The van der Waals surface area contributed by atoms with Gasteiger partial charge in [-0.1, -0.05) is 6.92 Å². The minimum Gasteiger partial charge on any atom is -0.433 e. The number of hydroxylamine groups is 1. The van der Waals surface area contributed by atoms with Gasteiger partial charge in [0, 0.05) is 32.4 Å². The molecule has 0 amide bonds. The van der Waals surface area contributed by atoms with Crippen LogP contribution in [0, 0.1) is 0 Å². The summed E-state index contributed by atoms with van der Waals surface area (Å²) in [4.78, 5) is 19.2. The molecule has 0 aliphatic rings. The lowest BCUT2D eigenvalue weighted by molar-refractivity contribution is 0.0250. The molecule has 0 radical (unpaired) electrons. The van der Waals surface area contributed by atoms with Crippen LogP contribution in [-0.2, 0) is 26.0 Å². The number of hydrogen-bond donors (Lipinski definition) is 2. The molecule has 1 rings (SSSR count). The third kappa shape index (κ3) is 4.76. The van der Waals surface area contributed by atoms with E-state index in [0.29, 0.717) is 5.56 Å². The molecule has 20 heavy (non-hydrogen) atoms. The minimum atomic E-state index is -3.60.